The third kappa shape index (κ3) is 5.84. The van der Waals surface area contributed by atoms with Crippen molar-refractivity contribution in [2.24, 2.45) is 5.92 Å². The number of ether oxygens (including phenoxy) is 1. The van der Waals surface area contributed by atoms with Crippen molar-refractivity contribution in [3.63, 3.8) is 0 Å². The van der Waals surface area contributed by atoms with Crippen LogP contribution in [0, 0.1) is 12.8 Å². The van der Waals surface area contributed by atoms with Crippen molar-refractivity contribution < 1.29 is 18.7 Å². The summed E-state index contributed by atoms with van der Waals surface area (Å²) >= 11 is 0. The number of aromatic nitrogens is 1. The summed E-state index contributed by atoms with van der Waals surface area (Å²) in [5.74, 6) is 0.848. The first-order valence-corrected chi connectivity index (χ1v) is 11.8. The van der Waals surface area contributed by atoms with Crippen LogP contribution in [0.4, 0.5) is 0 Å². The van der Waals surface area contributed by atoms with Crippen LogP contribution >= 0.6 is 0 Å². The zero-order valence-corrected chi connectivity index (χ0v) is 19.7. The number of hydrogen-bond donors (Lipinski definition) is 2. The lowest BCUT2D eigenvalue weighted by atomic mass is 9.83. The second-order valence-electron chi connectivity index (χ2n) is 8.78. The topological polar surface area (TPSA) is 93.5 Å². The molecule has 0 saturated heterocycles. The molecule has 4 rings (SSSR count). The molecule has 3 aromatic rings. The zero-order chi connectivity index (χ0) is 23.9. The second kappa shape index (κ2) is 11.0. The molecule has 7 heteroatoms. The number of aryl methyl sites for hydroxylation is 1. The normalized spacial score (nSPS) is 14.9. The summed E-state index contributed by atoms with van der Waals surface area (Å²) < 4.78 is 11.6. The van der Waals surface area contributed by atoms with E-state index in [1.54, 1.807) is 31.4 Å². The Balaban J connectivity index is 1.38. The minimum absolute atomic E-state index is 0.140. The predicted octanol–water partition coefficient (Wildman–Crippen LogP) is 4.65. The van der Waals surface area contributed by atoms with Gasteiger partial charge in [-0.2, -0.15) is 0 Å². The van der Waals surface area contributed by atoms with Crippen molar-refractivity contribution in [3.8, 4) is 17.2 Å². The van der Waals surface area contributed by atoms with Crippen molar-refractivity contribution >= 4 is 11.8 Å². The molecule has 1 aliphatic rings. The van der Waals surface area contributed by atoms with Crippen LogP contribution < -0.4 is 15.4 Å². The summed E-state index contributed by atoms with van der Waals surface area (Å²) in [5.41, 5.74) is 2.87. The quantitative estimate of drug-likeness (QED) is 0.509. The van der Waals surface area contributed by atoms with Crippen LogP contribution in [0.5, 0.6) is 5.75 Å². The third-order valence-corrected chi connectivity index (χ3v) is 6.24. The lowest BCUT2D eigenvalue weighted by Gasteiger charge is -2.29. The van der Waals surface area contributed by atoms with Gasteiger partial charge >= 0.3 is 0 Å². The number of nitrogens with zero attached hydrogens (tertiary/aromatic N) is 1. The van der Waals surface area contributed by atoms with E-state index >= 15 is 0 Å². The second-order valence-corrected chi connectivity index (χ2v) is 8.78. The van der Waals surface area contributed by atoms with Gasteiger partial charge in [0.05, 0.1) is 6.20 Å². The van der Waals surface area contributed by atoms with E-state index in [1.165, 1.54) is 12.0 Å². The number of carbonyl (C=O) groups is 2. The molecule has 1 fully saturated rings. The maximum absolute atomic E-state index is 12.8. The number of nitrogens with one attached hydrogen (secondary N) is 2. The lowest BCUT2D eigenvalue weighted by Crippen LogP contribution is -2.50. The molecule has 1 saturated carbocycles. The summed E-state index contributed by atoms with van der Waals surface area (Å²) in [6.07, 6.45) is 6.84. The van der Waals surface area contributed by atoms with Gasteiger partial charge in [-0.05, 0) is 55.5 Å². The summed E-state index contributed by atoms with van der Waals surface area (Å²) in [7, 11) is 1.59. The van der Waals surface area contributed by atoms with Crippen LogP contribution in [0.2, 0.25) is 0 Å². The van der Waals surface area contributed by atoms with Gasteiger partial charge in [0.25, 0.3) is 5.91 Å². The van der Waals surface area contributed by atoms with Crippen molar-refractivity contribution in [1.82, 2.24) is 15.6 Å². The molecule has 1 aliphatic carbocycles. The van der Waals surface area contributed by atoms with E-state index in [4.69, 9.17) is 9.15 Å². The summed E-state index contributed by atoms with van der Waals surface area (Å²) in [4.78, 5) is 29.7. The Morgan fingerprint density at radius 2 is 1.94 bits per heavy atom. The Hall–Kier alpha value is -3.61. The number of benzene rings is 1. The molecular weight excluding hydrogens is 430 g/mol. The number of hydrogen-bond acceptors (Lipinski definition) is 5. The first-order valence-electron chi connectivity index (χ1n) is 11.8. The number of rotatable bonds is 8. The molecule has 2 N–H and O–H groups in total. The van der Waals surface area contributed by atoms with Gasteiger partial charge in [-0.25, -0.2) is 4.98 Å². The van der Waals surface area contributed by atoms with Gasteiger partial charge in [0, 0.05) is 7.05 Å². The SMILES string of the molecule is CNC(=O)[C@@H](NC(=O)c1ccc(-c2ccc(OCc3cccc(C)c3)cn2)o1)C1CCCCC1. The first kappa shape index (κ1) is 23.5. The average molecular weight is 462 g/mol. The Labute approximate surface area is 199 Å². The van der Waals surface area contributed by atoms with Crippen LogP contribution in [0.15, 0.2) is 59.1 Å². The molecule has 1 aromatic carbocycles. The standard InChI is InChI=1S/C27H31N3O4/c1-18-7-6-8-19(15-18)17-33-21-11-12-22(29-16-21)23-13-14-24(34-23)26(31)30-25(27(32)28-2)20-9-4-3-5-10-20/h6-8,11-16,20,25H,3-5,9-10,17H2,1-2H3,(H,28,32)(H,30,31)/t25-/m0/s1. The van der Waals surface area contributed by atoms with Crippen LogP contribution in [-0.4, -0.2) is 29.9 Å². The van der Waals surface area contributed by atoms with Crippen molar-refractivity contribution in [2.45, 2.75) is 51.7 Å². The van der Waals surface area contributed by atoms with Crippen LogP contribution in [0.25, 0.3) is 11.5 Å². The molecule has 0 radical (unpaired) electrons. The largest absolute Gasteiger partial charge is 0.487 e. The molecule has 0 aliphatic heterocycles. The molecule has 178 valence electrons. The maximum atomic E-state index is 12.8. The molecule has 0 unspecified atom stereocenters. The van der Waals surface area contributed by atoms with E-state index in [-0.39, 0.29) is 17.6 Å². The Kier molecular flexibility index (Phi) is 7.62. The van der Waals surface area contributed by atoms with Crippen LogP contribution in [0.1, 0.15) is 53.8 Å². The molecule has 2 aromatic heterocycles. The smallest absolute Gasteiger partial charge is 0.287 e. The van der Waals surface area contributed by atoms with E-state index in [0.29, 0.717) is 23.8 Å². The highest BCUT2D eigenvalue weighted by Gasteiger charge is 2.31. The van der Waals surface area contributed by atoms with E-state index in [1.807, 2.05) is 31.2 Å². The Bertz CT molecular complexity index is 1120. The molecule has 7 nitrogen and oxygen atoms in total. The third-order valence-electron chi connectivity index (χ3n) is 6.24. The highest BCUT2D eigenvalue weighted by atomic mass is 16.5. The first-order chi connectivity index (χ1) is 16.5. The fraction of sp³-hybridized carbons (Fsp3) is 0.370. The van der Waals surface area contributed by atoms with Crippen LogP contribution in [0.3, 0.4) is 0 Å². The number of amides is 2. The summed E-state index contributed by atoms with van der Waals surface area (Å²) in [5, 5.41) is 5.55. The van der Waals surface area contributed by atoms with E-state index in [2.05, 4.69) is 21.7 Å². The molecule has 34 heavy (non-hydrogen) atoms. The molecule has 2 amide bonds. The lowest BCUT2D eigenvalue weighted by molar-refractivity contribution is -0.124. The van der Waals surface area contributed by atoms with Gasteiger partial charge in [-0.3, -0.25) is 9.59 Å². The van der Waals surface area contributed by atoms with Crippen molar-refractivity contribution in [2.75, 3.05) is 7.05 Å². The average Bonchev–Trinajstić information content (AvgIpc) is 3.37. The fourth-order valence-corrected chi connectivity index (χ4v) is 4.41. The fourth-order valence-electron chi connectivity index (χ4n) is 4.41. The van der Waals surface area contributed by atoms with Gasteiger partial charge < -0.3 is 19.8 Å². The van der Waals surface area contributed by atoms with Crippen molar-refractivity contribution in [3.05, 3.63) is 71.6 Å². The number of pyridine rings is 1. The molecule has 2 heterocycles. The zero-order valence-electron chi connectivity index (χ0n) is 19.7. The number of carbonyl (C=O) groups excluding carboxylic acids is 2. The van der Waals surface area contributed by atoms with Gasteiger partial charge in [-0.1, -0.05) is 49.1 Å². The Morgan fingerprint density at radius 3 is 2.65 bits per heavy atom. The maximum Gasteiger partial charge on any atom is 0.287 e. The molecule has 0 bridgehead atoms. The number of furan rings is 1. The van der Waals surface area contributed by atoms with E-state index < -0.39 is 11.9 Å². The van der Waals surface area contributed by atoms with E-state index in [0.717, 1.165) is 31.2 Å². The highest BCUT2D eigenvalue weighted by molar-refractivity contribution is 5.96. The summed E-state index contributed by atoms with van der Waals surface area (Å²) in [6, 6.07) is 14.5. The van der Waals surface area contributed by atoms with E-state index in [9.17, 15) is 9.59 Å². The van der Waals surface area contributed by atoms with Gasteiger partial charge in [0.15, 0.2) is 11.5 Å². The minimum Gasteiger partial charge on any atom is -0.487 e. The van der Waals surface area contributed by atoms with Gasteiger partial charge in [0.1, 0.15) is 24.1 Å². The highest BCUT2D eigenvalue weighted by Crippen LogP contribution is 2.27. The monoisotopic (exact) mass is 461 g/mol. The van der Waals surface area contributed by atoms with Crippen molar-refractivity contribution in [1.29, 1.82) is 0 Å². The minimum atomic E-state index is -0.561. The van der Waals surface area contributed by atoms with Gasteiger partial charge in [0.2, 0.25) is 5.91 Å². The van der Waals surface area contributed by atoms with Crippen LogP contribution in [-0.2, 0) is 11.4 Å². The van der Waals surface area contributed by atoms with Gasteiger partial charge in [-0.15, -0.1) is 0 Å². The molecule has 0 spiro atoms. The molecule has 1 atom stereocenters. The number of likely N-dealkylation sites (N-methyl/N-ethyl adjacent to an activating group) is 1. The Morgan fingerprint density at radius 1 is 1.12 bits per heavy atom. The molecular formula is C27H31N3O4. The predicted molar refractivity (Wildman–Crippen MR) is 129 cm³/mol. The summed E-state index contributed by atoms with van der Waals surface area (Å²) in [6.45, 7) is 2.51.